The predicted octanol–water partition coefficient (Wildman–Crippen LogP) is 1.33. The molecule has 1 fully saturated rings. The molecule has 5 nitrogen and oxygen atoms in total. The molecule has 5 heteroatoms. The molecule has 1 aliphatic heterocycles. The van der Waals surface area contributed by atoms with Crippen molar-refractivity contribution < 1.29 is 10.0 Å². The van der Waals surface area contributed by atoms with Crippen LogP contribution in [0.15, 0.2) is 18.2 Å². The van der Waals surface area contributed by atoms with E-state index in [1.54, 1.807) is 13.0 Å². The molecule has 1 aromatic carbocycles. The molecule has 1 aromatic rings. The van der Waals surface area contributed by atoms with Crippen LogP contribution in [0.25, 0.3) is 0 Å². The molecule has 1 aliphatic rings. The van der Waals surface area contributed by atoms with E-state index in [9.17, 15) is 10.1 Å². The highest BCUT2D eigenvalue weighted by atomic mass is 16.6. The lowest BCUT2D eigenvalue weighted by Gasteiger charge is -2.38. The molecule has 0 saturated carbocycles. The molecule has 92 valence electrons. The minimum Gasteiger partial charge on any atom is -0.396 e. The first-order valence-corrected chi connectivity index (χ1v) is 5.68. The van der Waals surface area contributed by atoms with Crippen LogP contribution in [0, 0.1) is 23.0 Å². The number of nitro benzene ring substituents is 1. The predicted molar refractivity (Wildman–Crippen MR) is 63.7 cm³/mol. The van der Waals surface area contributed by atoms with Crippen LogP contribution in [-0.4, -0.2) is 34.6 Å². The Morgan fingerprint density at radius 1 is 1.53 bits per heavy atom. The Morgan fingerprint density at radius 2 is 2.24 bits per heavy atom. The third kappa shape index (κ3) is 2.45. The maximum absolute atomic E-state index is 10.8. The Morgan fingerprint density at radius 3 is 2.82 bits per heavy atom. The summed E-state index contributed by atoms with van der Waals surface area (Å²) < 4.78 is 0. The van der Waals surface area contributed by atoms with Gasteiger partial charge in [-0.3, -0.25) is 15.0 Å². The summed E-state index contributed by atoms with van der Waals surface area (Å²) >= 11 is 0. The standard InChI is InChI=1S/C12H16N2O3/c1-9-11(3-2-4-12(9)14(16)17)7-13-5-10(6-13)8-15/h2-4,10,15H,5-8H2,1H3. The zero-order chi connectivity index (χ0) is 12.4. The number of benzene rings is 1. The second-order valence-corrected chi connectivity index (χ2v) is 4.56. The minimum absolute atomic E-state index is 0.182. The van der Waals surface area contributed by atoms with Gasteiger partial charge in [-0.2, -0.15) is 0 Å². The first-order valence-electron chi connectivity index (χ1n) is 5.68. The van der Waals surface area contributed by atoms with E-state index in [0.29, 0.717) is 5.92 Å². The number of hydrogen-bond acceptors (Lipinski definition) is 4. The Bertz CT molecular complexity index is 428. The summed E-state index contributed by atoms with van der Waals surface area (Å²) in [4.78, 5) is 12.6. The second kappa shape index (κ2) is 4.81. The van der Waals surface area contributed by atoms with Crippen LogP contribution >= 0.6 is 0 Å². The third-order valence-corrected chi connectivity index (χ3v) is 3.30. The number of nitro groups is 1. The maximum atomic E-state index is 10.8. The van der Waals surface area contributed by atoms with Gasteiger partial charge in [0.25, 0.3) is 5.69 Å². The van der Waals surface area contributed by atoms with Gasteiger partial charge < -0.3 is 5.11 Å². The SMILES string of the molecule is Cc1c(CN2CC(CO)C2)cccc1[N+](=O)[O-]. The van der Waals surface area contributed by atoms with Crippen molar-refractivity contribution >= 4 is 5.69 Å². The van der Waals surface area contributed by atoms with Crippen LogP contribution in [0.3, 0.4) is 0 Å². The van der Waals surface area contributed by atoms with Crippen molar-refractivity contribution in [1.29, 1.82) is 0 Å². The number of rotatable bonds is 4. The van der Waals surface area contributed by atoms with E-state index >= 15 is 0 Å². The summed E-state index contributed by atoms with van der Waals surface area (Å²) in [6, 6.07) is 5.18. The van der Waals surface area contributed by atoms with Gasteiger partial charge in [0.05, 0.1) is 4.92 Å². The summed E-state index contributed by atoms with van der Waals surface area (Å²) in [5, 5.41) is 19.7. The zero-order valence-corrected chi connectivity index (χ0v) is 9.80. The highest BCUT2D eigenvalue weighted by molar-refractivity contribution is 5.44. The van der Waals surface area contributed by atoms with E-state index < -0.39 is 0 Å². The first kappa shape index (κ1) is 12.0. The smallest absolute Gasteiger partial charge is 0.272 e. The molecule has 0 atom stereocenters. The molecule has 0 amide bonds. The monoisotopic (exact) mass is 236 g/mol. The van der Waals surface area contributed by atoms with E-state index in [4.69, 9.17) is 5.11 Å². The molecule has 0 bridgehead atoms. The number of aliphatic hydroxyl groups is 1. The largest absolute Gasteiger partial charge is 0.396 e. The molecule has 17 heavy (non-hydrogen) atoms. The van der Waals surface area contributed by atoms with Crippen LogP contribution < -0.4 is 0 Å². The highest BCUT2D eigenvalue weighted by Gasteiger charge is 2.26. The molecular formula is C12H16N2O3. The molecule has 0 unspecified atom stereocenters. The third-order valence-electron chi connectivity index (χ3n) is 3.30. The molecule has 1 N–H and O–H groups in total. The number of aliphatic hydroxyl groups excluding tert-OH is 1. The Labute approximate surface area is 99.8 Å². The van der Waals surface area contributed by atoms with E-state index in [-0.39, 0.29) is 17.2 Å². The molecular weight excluding hydrogens is 220 g/mol. The number of nitrogens with zero attached hydrogens (tertiary/aromatic N) is 2. The molecule has 1 saturated heterocycles. The van der Waals surface area contributed by atoms with Crippen molar-refractivity contribution in [3.63, 3.8) is 0 Å². The van der Waals surface area contributed by atoms with Crippen molar-refractivity contribution in [1.82, 2.24) is 4.90 Å². The lowest BCUT2D eigenvalue weighted by atomic mass is 9.99. The quantitative estimate of drug-likeness (QED) is 0.632. The summed E-state index contributed by atoms with van der Waals surface area (Å²) in [5.41, 5.74) is 1.92. The lowest BCUT2D eigenvalue weighted by Crippen LogP contribution is -2.47. The van der Waals surface area contributed by atoms with Gasteiger partial charge in [0.15, 0.2) is 0 Å². The Hall–Kier alpha value is -1.46. The molecule has 0 spiro atoms. The van der Waals surface area contributed by atoms with E-state index in [0.717, 1.165) is 30.8 Å². The van der Waals surface area contributed by atoms with Crippen LogP contribution in [0.4, 0.5) is 5.69 Å². The van der Waals surface area contributed by atoms with Gasteiger partial charge in [-0.1, -0.05) is 12.1 Å². The van der Waals surface area contributed by atoms with Crippen LogP contribution in [-0.2, 0) is 6.54 Å². The van der Waals surface area contributed by atoms with Gasteiger partial charge in [0.1, 0.15) is 0 Å². The Balaban J connectivity index is 2.07. The molecule has 0 radical (unpaired) electrons. The lowest BCUT2D eigenvalue weighted by molar-refractivity contribution is -0.385. The van der Waals surface area contributed by atoms with Crippen molar-refractivity contribution in [2.75, 3.05) is 19.7 Å². The van der Waals surface area contributed by atoms with Gasteiger partial charge in [-0.05, 0) is 12.5 Å². The summed E-state index contributed by atoms with van der Waals surface area (Å²) in [6.45, 7) is 4.49. The van der Waals surface area contributed by atoms with Gasteiger partial charge in [-0.25, -0.2) is 0 Å². The van der Waals surface area contributed by atoms with E-state index in [2.05, 4.69) is 4.90 Å². The zero-order valence-electron chi connectivity index (χ0n) is 9.80. The topological polar surface area (TPSA) is 66.6 Å². The fourth-order valence-corrected chi connectivity index (χ4v) is 2.20. The van der Waals surface area contributed by atoms with Crippen molar-refractivity contribution in [3.8, 4) is 0 Å². The Kier molecular flexibility index (Phi) is 3.40. The second-order valence-electron chi connectivity index (χ2n) is 4.56. The molecule has 0 aliphatic carbocycles. The van der Waals surface area contributed by atoms with Crippen molar-refractivity contribution in [2.24, 2.45) is 5.92 Å². The van der Waals surface area contributed by atoms with Crippen molar-refractivity contribution in [3.05, 3.63) is 39.4 Å². The average Bonchev–Trinajstić information content (AvgIpc) is 2.24. The van der Waals surface area contributed by atoms with Gasteiger partial charge in [-0.15, -0.1) is 0 Å². The number of likely N-dealkylation sites (tertiary alicyclic amines) is 1. The number of hydrogen-bond donors (Lipinski definition) is 1. The highest BCUT2D eigenvalue weighted by Crippen LogP contribution is 2.24. The first-order chi connectivity index (χ1) is 8.11. The normalized spacial score (nSPS) is 16.8. The van der Waals surface area contributed by atoms with Crippen LogP contribution in [0.2, 0.25) is 0 Å². The maximum Gasteiger partial charge on any atom is 0.272 e. The molecule has 0 aromatic heterocycles. The van der Waals surface area contributed by atoms with E-state index in [1.807, 2.05) is 6.07 Å². The fraction of sp³-hybridized carbons (Fsp3) is 0.500. The van der Waals surface area contributed by atoms with Crippen molar-refractivity contribution in [2.45, 2.75) is 13.5 Å². The van der Waals surface area contributed by atoms with E-state index in [1.165, 1.54) is 6.07 Å². The summed E-state index contributed by atoms with van der Waals surface area (Å²) in [7, 11) is 0. The van der Waals surface area contributed by atoms with Crippen LogP contribution in [0.1, 0.15) is 11.1 Å². The summed E-state index contributed by atoms with van der Waals surface area (Å²) in [5.74, 6) is 0.369. The van der Waals surface area contributed by atoms with Crippen LogP contribution in [0.5, 0.6) is 0 Å². The fourth-order valence-electron chi connectivity index (χ4n) is 2.20. The van der Waals surface area contributed by atoms with Gasteiger partial charge in [0, 0.05) is 43.8 Å². The van der Waals surface area contributed by atoms with Gasteiger partial charge in [0.2, 0.25) is 0 Å². The molecule has 1 heterocycles. The summed E-state index contributed by atoms with van der Waals surface area (Å²) in [6.07, 6.45) is 0. The minimum atomic E-state index is -0.342. The average molecular weight is 236 g/mol. The van der Waals surface area contributed by atoms with Gasteiger partial charge >= 0.3 is 0 Å². The molecule has 2 rings (SSSR count).